The molecule has 0 spiro atoms. The average Bonchev–Trinajstić information content (AvgIpc) is 2.62. The smallest absolute Gasteiger partial charge is 0.218 e. The second-order valence-electron chi connectivity index (χ2n) is 3.96. The van der Waals surface area contributed by atoms with Crippen LogP contribution >= 0.6 is 0 Å². The van der Waals surface area contributed by atoms with E-state index in [1.807, 2.05) is 0 Å². The summed E-state index contributed by atoms with van der Waals surface area (Å²) in [5.41, 5.74) is 7.89. The van der Waals surface area contributed by atoms with Crippen LogP contribution in [0.5, 0.6) is 0 Å². The minimum atomic E-state index is -0.242. The number of nitrogens with two attached hydrogens (primary N) is 1. The summed E-state index contributed by atoms with van der Waals surface area (Å²) in [4.78, 5) is 10.6. The Balaban J connectivity index is 1.93. The first-order valence-corrected chi connectivity index (χ1v) is 5.37. The zero-order valence-electron chi connectivity index (χ0n) is 8.70. The number of primary amides is 1. The summed E-state index contributed by atoms with van der Waals surface area (Å²) >= 11 is 0. The van der Waals surface area contributed by atoms with Crippen molar-refractivity contribution in [3.05, 3.63) is 35.4 Å². The standard InChI is InChI=1S/C12H16N2O/c13-12(15)7-8-14-11-6-5-9-3-1-2-4-10(9)11/h1-4,11,14H,5-8H2,(H2,13,15). The fourth-order valence-electron chi connectivity index (χ4n) is 2.14. The molecule has 3 N–H and O–H groups in total. The second kappa shape index (κ2) is 4.45. The monoisotopic (exact) mass is 204 g/mol. The summed E-state index contributed by atoms with van der Waals surface area (Å²) in [6.45, 7) is 0.675. The third kappa shape index (κ3) is 2.36. The van der Waals surface area contributed by atoms with Crippen molar-refractivity contribution in [3.63, 3.8) is 0 Å². The van der Waals surface area contributed by atoms with E-state index in [1.54, 1.807) is 0 Å². The number of fused-ring (bicyclic) bond motifs is 1. The molecule has 2 rings (SSSR count). The van der Waals surface area contributed by atoms with Gasteiger partial charge in [0.1, 0.15) is 0 Å². The van der Waals surface area contributed by atoms with E-state index in [0.29, 0.717) is 19.0 Å². The van der Waals surface area contributed by atoms with Crippen LogP contribution in [0.4, 0.5) is 0 Å². The van der Waals surface area contributed by atoms with Gasteiger partial charge in [0.15, 0.2) is 0 Å². The van der Waals surface area contributed by atoms with Crippen molar-refractivity contribution in [1.82, 2.24) is 5.32 Å². The Morgan fingerprint density at radius 2 is 2.27 bits per heavy atom. The Kier molecular flexibility index (Phi) is 3.02. The minimum absolute atomic E-state index is 0.242. The molecule has 3 heteroatoms. The lowest BCUT2D eigenvalue weighted by Gasteiger charge is -2.12. The number of amides is 1. The Hall–Kier alpha value is -1.35. The molecule has 0 radical (unpaired) electrons. The maximum Gasteiger partial charge on any atom is 0.218 e. The Morgan fingerprint density at radius 3 is 3.07 bits per heavy atom. The Morgan fingerprint density at radius 1 is 1.47 bits per heavy atom. The molecule has 0 saturated carbocycles. The third-order valence-electron chi connectivity index (χ3n) is 2.89. The summed E-state index contributed by atoms with van der Waals surface area (Å²) < 4.78 is 0. The molecule has 1 aliphatic carbocycles. The largest absolute Gasteiger partial charge is 0.370 e. The van der Waals surface area contributed by atoms with Gasteiger partial charge in [-0.2, -0.15) is 0 Å². The van der Waals surface area contributed by atoms with E-state index in [0.717, 1.165) is 12.8 Å². The van der Waals surface area contributed by atoms with Crippen LogP contribution in [0.2, 0.25) is 0 Å². The molecule has 1 aromatic carbocycles. The third-order valence-corrected chi connectivity index (χ3v) is 2.89. The fraction of sp³-hybridized carbons (Fsp3) is 0.417. The van der Waals surface area contributed by atoms with Crippen LogP contribution < -0.4 is 11.1 Å². The van der Waals surface area contributed by atoms with Crippen LogP contribution in [-0.4, -0.2) is 12.5 Å². The van der Waals surface area contributed by atoms with Gasteiger partial charge in [-0.25, -0.2) is 0 Å². The molecule has 0 saturated heterocycles. The van der Waals surface area contributed by atoms with Gasteiger partial charge in [0, 0.05) is 19.0 Å². The lowest BCUT2D eigenvalue weighted by atomic mass is 10.1. The fourth-order valence-corrected chi connectivity index (χ4v) is 2.14. The van der Waals surface area contributed by atoms with Gasteiger partial charge in [-0.1, -0.05) is 24.3 Å². The van der Waals surface area contributed by atoms with Crippen molar-refractivity contribution in [3.8, 4) is 0 Å². The topological polar surface area (TPSA) is 55.1 Å². The van der Waals surface area contributed by atoms with Gasteiger partial charge in [0.05, 0.1) is 0 Å². The van der Waals surface area contributed by atoms with Crippen molar-refractivity contribution in [2.24, 2.45) is 5.73 Å². The quantitative estimate of drug-likeness (QED) is 0.772. The van der Waals surface area contributed by atoms with E-state index in [-0.39, 0.29) is 5.91 Å². The number of carbonyl (C=O) groups excluding carboxylic acids is 1. The molecule has 1 aromatic rings. The van der Waals surface area contributed by atoms with Crippen LogP contribution in [0.1, 0.15) is 30.0 Å². The highest BCUT2D eigenvalue weighted by molar-refractivity contribution is 5.73. The van der Waals surface area contributed by atoms with E-state index in [1.165, 1.54) is 11.1 Å². The number of hydrogen-bond acceptors (Lipinski definition) is 2. The first-order chi connectivity index (χ1) is 7.27. The molecule has 1 atom stereocenters. The van der Waals surface area contributed by atoms with Crippen molar-refractivity contribution in [2.75, 3.05) is 6.54 Å². The van der Waals surface area contributed by atoms with Crippen LogP contribution in [0, 0.1) is 0 Å². The van der Waals surface area contributed by atoms with E-state index in [2.05, 4.69) is 29.6 Å². The number of nitrogens with one attached hydrogen (secondary N) is 1. The van der Waals surface area contributed by atoms with Crippen LogP contribution in [0.25, 0.3) is 0 Å². The van der Waals surface area contributed by atoms with Crippen molar-refractivity contribution in [2.45, 2.75) is 25.3 Å². The highest BCUT2D eigenvalue weighted by Crippen LogP contribution is 2.30. The van der Waals surface area contributed by atoms with Crippen molar-refractivity contribution < 1.29 is 4.79 Å². The first kappa shape index (κ1) is 10.2. The molecule has 0 bridgehead atoms. The maximum absolute atomic E-state index is 10.6. The predicted octanol–water partition coefficient (Wildman–Crippen LogP) is 1.14. The van der Waals surface area contributed by atoms with Crippen LogP contribution in [0.15, 0.2) is 24.3 Å². The van der Waals surface area contributed by atoms with E-state index in [9.17, 15) is 4.79 Å². The summed E-state index contributed by atoms with van der Waals surface area (Å²) in [5, 5.41) is 3.37. The lowest BCUT2D eigenvalue weighted by Crippen LogP contribution is -2.24. The maximum atomic E-state index is 10.6. The lowest BCUT2D eigenvalue weighted by molar-refractivity contribution is -0.117. The summed E-state index contributed by atoms with van der Waals surface area (Å²) in [6, 6.07) is 8.87. The molecule has 0 aliphatic heterocycles. The summed E-state index contributed by atoms with van der Waals surface area (Å²) in [5.74, 6) is -0.242. The van der Waals surface area contributed by atoms with Crippen molar-refractivity contribution >= 4 is 5.91 Å². The average molecular weight is 204 g/mol. The number of aryl methyl sites for hydroxylation is 1. The normalized spacial score (nSPS) is 18.8. The van der Waals surface area contributed by atoms with Gasteiger partial charge in [-0.05, 0) is 24.0 Å². The Bertz CT molecular complexity index is 362. The SMILES string of the molecule is NC(=O)CCNC1CCc2ccccc21. The van der Waals surface area contributed by atoms with Gasteiger partial charge in [-0.3, -0.25) is 4.79 Å². The molecular formula is C12H16N2O. The highest BCUT2D eigenvalue weighted by atomic mass is 16.1. The molecule has 3 nitrogen and oxygen atoms in total. The van der Waals surface area contributed by atoms with Crippen LogP contribution in [0.3, 0.4) is 0 Å². The molecule has 1 unspecified atom stereocenters. The van der Waals surface area contributed by atoms with Gasteiger partial charge in [-0.15, -0.1) is 0 Å². The first-order valence-electron chi connectivity index (χ1n) is 5.37. The van der Waals surface area contributed by atoms with Crippen molar-refractivity contribution in [1.29, 1.82) is 0 Å². The highest BCUT2D eigenvalue weighted by Gasteiger charge is 2.20. The number of benzene rings is 1. The minimum Gasteiger partial charge on any atom is -0.370 e. The molecule has 0 heterocycles. The molecule has 0 fully saturated rings. The zero-order valence-corrected chi connectivity index (χ0v) is 8.70. The zero-order chi connectivity index (χ0) is 10.7. The molecule has 1 aliphatic rings. The van der Waals surface area contributed by atoms with Gasteiger partial charge in [0.25, 0.3) is 0 Å². The van der Waals surface area contributed by atoms with E-state index in [4.69, 9.17) is 5.73 Å². The molecular weight excluding hydrogens is 188 g/mol. The predicted molar refractivity (Wildman–Crippen MR) is 59.3 cm³/mol. The molecule has 80 valence electrons. The van der Waals surface area contributed by atoms with Crippen LogP contribution in [-0.2, 0) is 11.2 Å². The Labute approximate surface area is 89.7 Å². The second-order valence-corrected chi connectivity index (χ2v) is 3.96. The van der Waals surface area contributed by atoms with Gasteiger partial charge < -0.3 is 11.1 Å². The van der Waals surface area contributed by atoms with Gasteiger partial charge in [0.2, 0.25) is 5.91 Å². The summed E-state index contributed by atoms with van der Waals surface area (Å²) in [7, 11) is 0. The van der Waals surface area contributed by atoms with Gasteiger partial charge >= 0.3 is 0 Å². The summed E-state index contributed by atoms with van der Waals surface area (Å²) in [6.07, 6.45) is 2.67. The number of rotatable bonds is 4. The van der Waals surface area contributed by atoms with E-state index >= 15 is 0 Å². The molecule has 15 heavy (non-hydrogen) atoms. The number of carbonyl (C=O) groups is 1. The van der Waals surface area contributed by atoms with E-state index < -0.39 is 0 Å². The molecule has 1 amide bonds. The molecule has 0 aromatic heterocycles. The number of hydrogen-bond donors (Lipinski definition) is 2.